The van der Waals surface area contributed by atoms with Crippen LogP contribution in [-0.4, -0.2) is 7.11 Å². The minimum absolute atomic E-state index is 0.599. The second-order valence-electron chi connectivity index (χ2n) is 3.33. The number of nitrogens with zero attached hydrogens (tertiary/aromatic N) is 1. The van der Waals surface area contributed by atoms with E-state index in [0.717, 1.165) is 28.4 Å². The molecule has 16 heavy (non-hydrogen) atoms. The summed E-state index contributed by atoms with van der Waals surface area (Å²) in [5, 5.41) is 8.43. The van der Waals surface area contributed by atoms with E-state index in [4.69, 9.17) is 10.00 Å². The third-order valence-electron chi connectivity index (χ3n) is 2.07. The summed E-state index contributed by atoms with van der Waals surface area (Å²) in [5.74, 6) is 0.861. The summed E-state index contributed by atoms with van der Waals surface area (Å²) in [6, 6.07) is 10.0. The van der Waals surface area contributed by atoms with Gasteiger partial charge in [-0.05, 0) is 42.0 Å². The van der Waals surface area contributed by atoms with Gasteiger partial charge in [0, 0.05) is 11.3 Å². The average molecular weight is 233 g/mol. The van der Waals surface area contributed by atoms with Crippen molar-refractivity contribution in [2.45, 2.75) is 24.2 Å². The van der Waals surface area contributed by atoms with E-state index in [1.165, 1.54) is 0 Å². The number of benzene rings is 1. The molecule has 0 amide bonds. The molecule has 2 nitrogen and oxygen atoms in total. The van der Waals surface area contributed by atoms with E-state index >= 15 is 0 Å². The Morgan fingerprint density at radius 1 is 1.44 bits per heavy atom. The standard InChI is InChI=1S/C13H15NOS/c1-11(5-3-4-10-14)16-13-8-6-12(15-2)7-9-13/h6-9H,1,3-5H2,2H3. The van der Waals surface area contributed by atoms with Crippen molar-refractivity contribution >= 4 is 11.8 Å². The van der Waals surface area contributed by atoms with Gasteiger partial charge in [-0.1, -0.05) is 18.3 Å². The molecule has 0 radical (unpaired) electrons. The monoisotopic (exact) mass is 233 g/mol. The Labute approximate surface area is 101 Å². The number of rotatable bonds is 6. The number of unbranched alkanes of at least 4 members (excludes halogenated alkanes) is 1. The summed E-state index contributed by atoms with van der Waals surface area (Å²) in [5.41, 5.74) is 0. The molecule has 3 heteroatoms. The molecule has 0 aromatic heterocycles. The highest BCUT2D eigenvalue weighted by atomic mass is 32.2. The second kappa shape index (κ2) is 6.97. The van der Waals surface area contributed by atoms with E-state index in [9.17, 15) is 0 Å². The van der Waals surface area contributed by atoms with Crippen LogP contribution in [0, 0.1) is 11.3 Å². The maximum absolute atomic E-state index is 8.43. The van der Waals surface area contributed by atoms with Crippen molar-refractivity contribution in [2.24, 2.45) is 0 Å². The first kappa shape index (κ1) is 12.7. The highest BCUT2D eigenvalue weighted by Crippen LogP contribution is 2.29. The van der Waals surface area contributed by atoms with E-state index in [0.29, 0.717) is 6.42 Å². The lowest BCUT2D eigenvalue weighted by atomic mass is 10.2. The number of hydrogen-bond acceptors (Lipinski definition) is 3. The largest absolute Gasteiger partial charge is 0.497 e. The second-order valence-corrected chi connectivity index (χ2v) is 4.58. The predicted molar refractivity (Wildman–Crippen MR) is 67.5 cm³/mol. The van der Waals surface area contributed by atoms with Gasteiger partial charge in [0.1, 0.15) is 5.75 Å². The first-order valence-corrected chi connectivity index (χ1v) is 5.94. The van der Waals surface area contributed by atoms with Gasteiger partial charge in [-0.2, -0.15) is 5.26 Å². The first-order valence-electron chi connectivity index (χ1n) is 5.13. The fraction of sp³-hybridized carbons (Fsp3) is 0.308. The van der Waals surface area contributed by atoms with Crippen molar-refractivity contribution in [1.82, 2.24) is 0 Å². The van der Waals surface area contributed by atoms with E-state index in [-0.39, 0.29) is 0 Å². The lowest BCUT2D eigenvalue weighted by Crippen LogP contribution is -1.82. The Morgan fingerprint density at radius 2 is 2.12 bits per heavy atom. The number of hydrogen-bond donors (Lipinski definition) is 0. The topological polar surface area (TPSA) is 33.0 Å². The number of thioether (sulfide) groups is 1. The molecule has 0 saturated carbocycles. The number of ether oxygens (including phenoxy) is 1. The van der Waals surface area contributed by atoms with Gasteiger partial charge in [0.25, 0.3) is 0 Å². The van der Waals surface area contributed by atoms with Crippen molar-refractivity contribution in [2.75, 3.05) is 7.11 Å². The normalized spacial score (nSPS) is 9.50. The van der Waals surface area contributed by atoms with Crippen molar-refractivity contribution in [1.29, 1.82) is 5.26 Å². The molecular weight excluding hydrogens is 218 g/mol. The summed E-state index contributed by atoms with van der Waals surface area (Å²) < 4.78 is 5.09. The molecule has 0 aliphatic heterocycles. The zero-order chi connectivity index (χ0) is 11.8. The van der Waals surface area contributed by atoms with E-state index in [1.54, 1.807) is 18.9 Å². The van der Waals surface area contributed by atoms with E-state index in [2.05, 4.69) is 12.6 Å². The van der Waals surface area contributed by atoms with Gasteiger partial charge in [-0.25, -0.2) is 0 Å². The minimum atomic E-state index is 0.599. The molecule has 0 bridgehead atoms. The highest BCUT2D eigenvalue weighted by molar-refractivity contribution is 8.03. The molecule has 1 aromatic rings. The summed E-state index contributed by atoms with van der Waals surface area (Å²) in [6.45, 7) is 3.99. The van der Waals surface area contributed by atoms with Gasteiger partial charge >= 0.3 is 0 Å². The molecule has 0 spiro atoms. The predicted octanol–water partition coefficient (Wildman–Crippen LogP) is 3.99. The number of methoxy groups -OCH3 is 1. The van der Waals surface area contributed by atoms with Gasteiger partial charge in [-0.15, -0.1) is 0 Å². The highest BCUT2D eigenvalue weighted by Gasteiger charge is 1.99. The quantitative estimate of drug-likeness (QED) is 0.550. The molecule has 1 rings (SSSR count). The SMILES string of the molecule is C=C(CCCC#N)Sc1ccc(OC)cc1. The summed E-state index contributed by atoms with van der Waals surface area (Å²) >= 11 is 1.65. The third-order valence-corrected chi connectivity index (χ3v) is 3.07. The maximum Gasteiger partial charge on any atom is 0.118 e. The Morgan fingerprint density at radius 3 is 2.69 bits per heavy atom. The summed E-state index contributed by atoms with van der Waals surface area (Å²) in [6.07, 6.45) is 2.38. The molecule has 0 saturated heterocycles. The first-order chi connectivity index (χ1) is 7.76. The van der Waals surface area contributed by atoms with Crippen LogP contribution < -0.4 is 4.74 Å². The van der Waals surface area contributed by atoms with Crippen molar-refractivity contribution in [3.63, 3.8) is 0 Å². The van der Waals surface area contributed by atoms with Crippen molar-refractivity contribution < 1.29 is 4.74 Å². The Bertz CT molecular complexity index is 378. The minimum Gasteiger partial charge on any atom is -0.497 e. The molecule has 0 heterocycles. The van der Waals surface area contributed by atoms with Crippen molar-refractivity contribution in [3.05, 3.63) is 35.7 Å². The fourth-order valence-corrected chi connectivity index (χ4v) is 2.08. The molecule has 1 aromatic carbocycles. The number of allylic oxidation sites excluding steroid dienone is 1. The van der Waals surface area contributed by atoms with Crippen LogP contribution in [0.25, 0.3) is 0 Å². The van der Waals surface area contributed by atoms with Crippen LogP contribution in [-0.2, 0) is 0 Å². The molecule has 0 fully saturated rings. The molecule has 84 valence electrons. The van der Waals surface area contributed by atoms with Crippen LogP contribution >= 0.6 is 11.8 Å². The van der Waals surface area contributed by atoms with Crippen molar-refractivity contribution in [3.8, 4) is 11.8 Å². The third kappa shape index (κ3) is 4.41. The van der Waals surface area contributed by atoms with E-state index in [1.807, 2.05) is 24.3 Å². The Balaban J connectivity index is 2.41. The lowest BCUT2D eigenvalue weighted by molar-refractivity contribution is 0.414. The molecular formula is C13H15NOS. The van der Waals surface area contributed by atoms with Crippen LogP contribution in [0.2, 0.25) is 0 Å². The Kier molecular flexibility index (Phi) is 5.52. The van der Waals surface area contributed by atoms with Gasteiger partial charge in [0.15, 0.2) is 0 Å². The van der Waals surface area contributed by atoms with Crippen LogP contribution in [0.4, 0.5) is 0 Å². The summed E-state index contributed by atoms with van der Waals surface area (Å²) in [7, 11) is 1.66. The molecule has 0 aliphatic rings. The molecule has 0 atom stereocenters. The average Bonchev–Trinajstić information content (AvgIpc) is 2.30. The fourth-order valence-electron chi connectivity index (χ4n) is 1.23. The van der Waals surface area contributed by atoms with Gasteiger partial charge < -0.3 is 4.74 Å². The molecule has 0 unspecified atom stereocenters. The maximum atomic E-state index is 8.43. The van der Waals surface area contributed by atoms with Crippen LogP contribution in [0.3, 0.4) is 0 Å². The summed E-state index contributed by atoms with van der Waals surface area (Å²) in [4.78, 5) is 2.25. The van der Waals surface area contributed by atoms with Crippen LogP contribution in [0.15, 0.2) is 40.6 Å². The zero-order valence-corrected chi connectivity index (χ0v) is 10.2. The van der Waals surface area contributed by atoms with Gasteiger partial charge in [0.2, 0.25) is 0 Å². The lowest BCUT2D eigenvalue weighted by Gasteiger charge is -2.05. The molecule has 0 N–H and O–H groups in total. The number of nitriles is 1. The van der Waals surface area contributed by atoms with Gasteiger partial charge in [-0.3, -0.25) is 0 Å². The van der Waals surface area contributed by atoms with Crippen LogP contribution in [0.5, 0.6) is 5.75 Å². The Hall–Kier alpha value is -1.40. The molecule has 0 aliphatic carbocycles. The van der Waals surface area contributed by atoms with Gasteiger partial charge in [0.05, 0.1) is 13.2 Å². The smallest absolute Gasteiger partial charge is 0.118 e. The van der Waals surface area contributed by atoms with E-state index < -0.39 is 0 Å². The zero-order valence-electron chi connectivity index (χ0n) is 9.40. The van der Waals surface area contributed by atoms with Crippen LogP contribution in [0.1, 0.15) is 19.3 Å².